The van der Waals surface area contributed by atoms with Crippen molar-refractivity contribution in [1.82, 2.24) is 10.2 Å². The molecule has 0 aromatic heterocycles. The van der Waals surface area contributed by atoms with Crippen LogP contribution in [0.25, 0.3) is 0 Å². The average Bonchev–Trinajstić information content (AvgIpc) is 3.28. The minimum atomic E-state index is -0.419. The standard InChI is InChI=1S/C25H32N2O6/c1-15(2)26-24(28)20-14-27(25(29)16-7-9-18(30-3)10-8-16)13-19(20)17-11-21(31-4)23(33-6)22(12-17)32-5/h7-12,15,19-20H,13-14H2,1-6H3,(H,26,28)/t19-,20-/m1/s1. The largest absolute Gasteiger partial charge is 0.497 e. The summed E-state index contributed by atoms with van der Waals surface area (Å²) in [6.07, 6.45) is 0. The van der Waals surface area contributed by atoms with E-state index in [9.17, 15) is 9.59 Å². The number of likely N-dealkylation sites (tertiary alicyclic amines) is 1. The Kier molecular flexibility index (Phi) is 7.68. The van der Waals surface area contributed by atoms with E-state index in [1.54, 1.807) is 57.6 Å². The first kappa shape index (κ1) is 24.2. The van der Waals surface area contributed by atoms with Crippen molar-refractivity contribution in [3.8, 4) is 23.0 Å². The molecule has 1 aliphatic rings. The highest BCUT2D eigenvalue weighted by molar-refractivity contribution is 5.95. The van der Waals surface area contributed by atoms with Crippen molar-refractivity contribution in [2.24, 2.45) is 5.92 Å². The zero-order chi connectivity index (χ0) is 24.1. The summed E-state index contributed by atoms with van der Waals surface area (Å²) in [6, 6.07) is 10.7. The van der Waals surface area contributed by atoms with Gasteiger partial charge in [0, 0.05) is 30.6 Å². The first-order valence-electron chi connectivity index (χ1n) is 10.9. The van der Waals surface area contributed by atoms with E-state index >= 15 is 0 Å². The van der Waals surface area contributed by atoms with Crippen LogP contribution in [-0.4, -0.2) is 64.3 Å². The molecule has 1 aliphatic heterocycles. The number of nitrogens with one attached hydrogen (secondary N) is 1. The van der Waals surface area contributed by atoms with Gasteiger partial charge >= 0.3 is 0 Å². The number of ether oxygens (including phenoxy) is 4. The van der Waals surface area contributed by atoms with Gasteiger partial charge in [0.25, 0.3) is 5.91 Å². The molecule has 0 radical (unpaired) electrons. The number of rotatable bonds is 8. The van der Waals surface area contributed by atoms with Crippen molar-refractivity contribution >= 4 is 11.8 Å². The van der Waals surface area contributed by atoms with Gasteiger partial charge in [-0.25, -0.2) is 0 Å². The van der Waals surface area contributed by atoms with Crippen LogP contribution in [0, 0.1) is 5.92 Å². The SMILES string of the molecule is COc1ccc(C(=O)N2C[C@H](c3cc(OC)c(OC)c(OC)c3)[C@H](C(=O)NC(C)C)C2)cc1. The molecule has 1 heterocycles. The summed E-state index contributed by atoms with van der Waals surface area (Å²) in [7, 11) is 6.23. The summed E-state index contributed by atoms with van der Waals surface area (Å²) < 4.78 is 21.6. The molecule has 1 fully saturated rings. The maximum atomic E-state index is 13.2. The Morgan fingerprint density at radius 3 is 2.00 bits per heavy atom. The second kappa shape index (κ2) is 10.5. The van der Waals surface area contributed by atoms with E-state index in [-0.39, 0.29) is 23.8 Å². The minimum absolute atomic E-state index is 0.00979. The molecule has 0 spiro atoms. The Morgan fingerprint density at radius 2 is 1.52 bits per heavy atom. The fourth-order valence-electron chi connectivity index (χ4n) is 4.20. The van der Waals surface area contributed by atoms with E-state index < -0.39 is 5.92 Å². The molecule has 2 amide bonds. The summed E-state index contributed by atoms with van der Waals surface area (Å²) in [4.78, 5) is 28.1. The monoisotopic (exact) mass is 456 g/mol. The van der Waals surface area contributed by atoms with E-state index in [1.807, 2.05) is 26.0 Å². The van der Waals surface area contributed by atoms with Gasteiger partial charge in [-0.2, -0.15) is 0 Å². The highest BCUT2D eigenvalue weighted by Crippen LogP contribution is 2.43. The first-order chi connectivity index (χ1) is 15.8. The predicted molar refractivity (Wildman–Crippen MR) is 125 cm³/mol. The lowest BCUT2D eigenvalue weighted by Crippen LogP contribution is -2.39. The lowest BCUT2D eigenvalue weighted by atomic mass is 9.87. The number of nitrogens with zero attached hydrogens (tertiary/aromatic N) is 1. The number of carbonyl (C=O) groups is 2. The van der Waals surface area contributed by atoms with Crippen molar-refractivity contribution in [2.45, 2.75) is 25.8 Å². The second-order valence-electron chi connectivity index (χ2n) is 8.27. The van der Waals surface area contributed by atoms with Crippen LogP contribution in [0.3, 0.4) is 0 Å². The molecule has 2 aromatic carbocycles. The topological polar surface area (TPSA) is 86.3 Å². The molecule has 0 saturated carbocycles. The van der Waals surface area contributed by atoms with Gasteiger partial charge in [-0.3, -0.25) is 9.59 Å². The summed E-state index contributed by atoms with van der Waals surface area (Å²) >= 11 is 0. The van der Waals surface area contributed by atoms with Crippen molar-refractivity contribution in [2.75, 3.05) is 41.5 Å². The van der Waals surface area contributed by atoms with Crippen molar-refractivity contribution < 1.29 is 28.5 Å². The minimum Gasteiger partial charge on any atom is -0.497 e. The molecule has 8 heteroatoms. The molecule has 1 saturated heterocycles. The number of carbonyl (C=O) groups excluding carboxylic acids is 2. The molecule has 33 heavy (non-hydrogen) atoms. The molecule has 0 unspecified atom stereocenters. The van der Waals surface area contributed by atoms with E-state index in [2.05, 4.69) is 5.32 Å². The first-order valence-corrected chi connectivity index (χ1v) is 10.9. The molecule has 2 atom stereocenters. The third kappa shape index (κ3) is 5.16. The molecule has 178 valence electrons. The normalized spacial score (nSPS) is 17.6. The fourth-order valence-corrected chi connectivity index (χ4v) is 4.20. The highest BCUT2D eigenvalue weighted by atomic mass is 16.5. The number of methoxy groups -OCH3 is 4. The molecular weight excluding hydrogens is 424 g/mol. The summed E-state index contributed by atoms with van der Waals surface area (Å²) in [5.41, 5.74) is 1.39. The lowest BCUT2D eigenvalue weighted by molar-refractivity contribution is -0.125. The van der Waals surface area contributed by atoms with Crippen LogP contribution in [0.1, 0.15) is 35.7 Å². The number of hydrogen-bond donors (Lipinski definition) is 1. The van der Waals surface area contributed by atoms with E-state index in [0.717, 1.165) is 5.56 Å². The maximum absolute atomic E-state index is 13.2. The van der Waals surface area contributed by atoms with Crippen molar-refractivity contribution in [1.29, 1.82) is 0 Å². The van der Waals surface area contributed by atoms with E-state index in [0.29, 0.717) is 41.7 Å². The van der Waals surface area contributed by atoms with Crippen LogP contribution >= 0.6 is 0 Å². The Labute approximate surface area is 194 Å². The van der Waals surface area contributed by atoms with Crippen LogP contribution in [-0.2, 0) is 4.79 Å². The zero-order valence-electron chi connectivity index (χ0n) is 20.0. The molecular formula is C25H32N2O6. The molecule has 3 rings (SSSR count). The summed E-state index contributed by atoms with van der Waals surface area (Å²) in [5.74, 6) is 1.30. The van der Waals surface area contributed by atoms with Crippen LogP contribution in [0.2, 0.25) is 0 Å². The van der Waals surface area contributed by atoms with Gasteiger partial charge in [0.1, 0.15) is 5.75 Å². The third-order valence-electron chi connectivity index (χ3n) is 5.83. The van der Waals surface area contributed by atoms with Gasteiger partial charge in [0.05, 0.1) is 34.4 Å². The molecule has 0 aliphatic carbocycles. The summed E-state index contributed by atoms with van der Waals surface area (Å²) in [5, 5.41) is 3.00. The van der Waals surface area contributed by atoms with Crippen LogP contribution in [0.4, 0.5) is 0 Å². The van der Waals surface area contributed by atoms with Crippen LogP contribution in [0.5, 0.6) is 23.0 Å². The van der Waals surface area contributed by atoms with E-state index in [1.165, 1.54) is 0 Å². The van der Waals surface area contributed by atoms with Gasteiger partial charge in [0.2, 0.25) is 11.7 Å². The van der Waals surface area contributed by atoms with Crippen LogP contribution in [0.15, 0.2) is 36.4 Å². The smallest absolute Gasteiger partial charge is 0.253 e. The fraction of sp³-hybridized carbons (Fsp3) is 0.440. The van der Waals surface area contributed by atoms with E-state index in [4.69, 9.17) is 18.9 Å². The Bertz CT molecular complexity index is 964. The molecule has 8 nitrogen and oxygen atoms in total. The number of benzene rings is 2. The second-order valence-corrected chi connectivity index (χ2v) is 8.27. The quantitative estimate of drug-likeness (QED) is 0.657. The zero-order valence-corrected chi connectivity index (χ0v) is 20.0. The Morgan fingerprint density at radius 1 is 0.909 bits per heavy atom. The van der Waals surface area contributed by atoms with Gasteiger partial charge in [-0.15, -0.1) is 0 Å². The van der Waals surface area contributed by atoms with Crippen molar-refractivity contribution in [3.63, 3.8) is 0 Å². The lowest BCUT2D eigenvalue weighted by Gasteiger charge is -2.21. The maximum Gasteiger partial charge on any atom is 0.253 e. The van der Waals surface area contributed by atoms with Crippen LogP contribution < -0.4 is 24.3 Å². The van der Waals surface area contributed by atoms with Gasteiger partial charge < -0.3 is 29.2 Å². The van der Waals surface area contributed by atoms with Gasteiger partial charge in [-0.05, 0) is 55.8 Å². The molecule has 2 aromatic rings. The average molecular weight is 457 g/mol. The number of amides is 2. The van der Waals surface area contributed by atoms with Gasteiger partial charge in [-0.1, -0.05) is 0 Å². The number of hydrogen-bond acceptors (Lipinski definition) is 6. The van der Waals surface area contributed by atoms with Gasteiger partial charge in [0.15, 0.2) is 11.5 Å². The van der Waals surface area contributed by atoms with Crippen molar-refractivity contribution in [3.05, 3.63) is 47.5 Å². The Balaban J connectivity index is 1.97. The molecule has 0 bridgehead atoms. The summed E-state index contributed by atoms with van der Waals surface area (Å²) in [6.45, 7) is 4.54. The Hall–Kier alpha value is -3.42. The third-order valence-corrected chi connectivity index (χ3v) is 5.83. The molecule has 1 N–H and O–H groups in total. The predicted octanol–water partition coefficient (Wildman–Crippen LogP) is 3.10. The highest BCUT2D eigenvalue weighted by Gasteiger charge is 2.41.